The normalized spacial score (nSPS) is 22.8. The Labute approximate surface area is 81.7 Å². The number of rotatable bonds is 4. The molecular formula is C11H20N2. The molecule has 1 unspecified atom stereocenters. The molecule has 0 aromatic rings. The largest absolute Gasteiger partial charge is 0.315 e. The van der Waals surface area contributed by atoms with Gasteiger partial charge in [-0.1, -0.05) is 0 Å². The quantitative estimate of drug-likeness (QED) is 0.512. The van der Waals surface area contributed by atoms with Gasteiger partial charge in [0.25, 0.3) is 0 Å². The van der Waals surface area contributed by atoms with Gasteiger partial charge in [0.1, 0.15) is 0 Å². The standard InChI is InChI=1S/C11H20N2/c1-3-4-5-7-12-9-11-6-8-13(2)10-11/h11-12H,5-10H2,1-2H3. The van der Waals surface area contributed by atoms with E-state index in [0.717, 1.165) is 25.4 Å². The van der Waals surface area contributed by atoms with Gasteiger partial charge in [-0.2, -0.15) is 0 Å². The molecule has 0 saturated carbocycles. The molecule has 1 atom stereocenters. The molecule has 1 aliphatic rings. The number of nitrogens with one attached hydrogen (secondary N) is 1. The van der Waals surface area contributed by atoms with E-state index in [1.807, 2.05) is 6.92 Å². The van der Waals surface area contributed by atoms with Gasteiger partial charge in [0.15, 0.2) is 0 Å². The Morgan fingerprint density at radius 3 is 3.00 bits per heavy atom. The fourth-order valence-corrected chi connectivity index (χ4v) is 1.77. The van der Waals surface area contributed by atoms with Gasteiger partial charge in [-0.3, -0.25) is 0 Å². The third-order valence-electron chi connectivity index (χ3n) is 2.53. The summed E-state index contributed by atoms with van der Waals surface area (Å²) in [7, 11) is 2.20. The maximum atomic E-state index is 3.45. The fourth-order valence-electron chi connectivity index (χ4n) is 1.77. The van der Waals surface area contributed by atoms with Gasteiger partial charge < -0.3 is 10.2 Å². The molecule has 2 heteroatoms. The molecule has 0 amide bonds. The topological polar surface area (TPSA) is 15.3 Å². The highest BCUT2D eigenvalue weighted by Gasteiger charge is 2.18. The number of hydrogen-bond donors (Lipinski definition) is 1. The summed E-state index contributed by atoms with van der Waals surface area (Å²) in [5, 5.41) is 3.45. The zero-order chi connectivity index (χ0) is 9.52. The number of hydrogen-bond acceptors (Lipinski definition) is 2. The lowest BCUT2D eigenvalue weighted by atomic mass is 10.1. The SMILES string of the molecule is CC#CCCNCC1CCN(C)C1. The zero-order valence-corrected chi connectivity index (χ0v) is 8.77. The fraction of sp³-hybridized carbons (Fsp3) is 0.818. The first-order valence-electron chi connectivity index (χ1n) is 5.12. The second kappa shape index (κ2) is 6.01. The Bertz CT molecular complexity index is 190. The van der Waals surface area contributed by atoms with Crippen LogP contribution in [0.15, 0.2) is 0 Å². The molecular weight excluding hydrogens is 160 g/mol. The highest BCUT2D eigenvalue weighted by atomic mass is 15.1. The Morgan fingerprint density at radius 1 is 1.54 bits per heavy atom. The minimum Gasteiger partial charge on any atom is -0.315 e. The van der Waals surface area contributed by atoms with Crippen LogP contribution in [-0.4, -0.2) is 38.1 Å². The van der Waals surface area contributed by atoms with Gasteiger partial charge in [0, 0.05) is 19.5 Å². The van der Waals surface area contributed by atoms with Gasteiger partial charge in [0.05, 0.1) is 0 Å². The molecule has 1 rings (SSSR count). The van der Waals surface area contributed by atoms with Crippen molar-refractivity contribution in [3.63, 3.8) is 0 Å². The van der Waals surface area contributed by atoms with E-state index in [2.05, 4.69) is 29.1 Å². The van der Waals surface area contributed by atoms with Crippen molar-refractivity contribution in [2.45, 2.75) is 19.8 Å². The molecule has 1 saturated heterocycles. The van der Waals surface area contributed by atoms with Crippen LogP contribution in [0.25, 0.3) is 0 Å². The first kappa shape index (κ1) is 10.6. The lowest BCUT2D eigenvalue weighted by molar-refractivity contribution is 0.389. The molecule has 1 heterocycles. The first-order valence-corrected chi connectivity index (χ1v) is 5.12. The molecule has 1 fully saturated rings. The van der Waals surface area contributed by atoms with E-state index in [-0.39, 0.29) is 0 Å². The van der Waals surface area contributed by atoms with Crippen molar-refractivity contribution >= 4 is 0 Å². The molecule has 0 aromatic carbocycles. The molecule has 0 aliphatic carbocycles. The van der Waals surface area contributed by atoms with Crippen molar-refractivity contribution in [2.75, 3.05) is 33.2 Å². The zero-order valence-electron chi connectivity index (χ0n) is 8.77. The van der Waals surface area contributed by atoms with E-state index in [0.29, 0.717) is 0 Å². The molecule has 2 nitrogen and oxygen atoms in total. The molecule has 13 heavy (non-hydrogen) atoms. The van der Waals surface area contributed by atoms with Crippen LogP contribution in [0.3, 0.4) is 0 Å². The van der Waals surface area contributed by atoms with Crippen LogP contribution in [0.5, 0.6) is 0 Å². The second-order valence-electron chi connectivity index (χ2n) is 3.80. The average molecular weight is 180 g/mol. The summed E-state index contributed by atoms with van der Waals surface area (Å²) >= 11 is 0. The molecule has 1 N–H and O–H groups in total. The number of nitrogens with zero attached hydrogens (tertiary/aromatic N) is 1. The third kappa shape index (κ3) is 4.31. The summed E-state index contributed by atoms with van der Waals surface area (Å²) in [5.41, 5.74) is 0. The molecule has 1 aliphatic heterocycles. The lowest BCUT2D eigenvalue weighted by Crippen LogP contribution is -2.25. The first-order chi connectivity index (χ1) is 6.33. The van der Waals surface area contributed by atoms with Crippen LogP contribution in [0.4, 0.5) is 0 Å². The summed E-state index contributed by atoms with van der Waals surface area (Å²) in [6.07, 6.45) is 2.34. The highest BCUT2D eigenvalue weighted by Crippen LogP contribution is 2.12. The molecule has 0 spiro atoms. The van der Waals surface area contributed by atoms with E-state index < -0.39 is 0 Å². The average Bonchev–Trinajstić information content (AvgIpc) is 2.51. The minimum absolute atomic E-state index is 0.861. The van der Waals surface area contributed by atoms with Gasteiger partial charge in [-0.15, -0.1) is 11.8 Å². The van der Waals surface area contributed by atoms with Crippen molar-refractivity contribution in [1.29, 1.82) is 0 Å². The molecule has 0 aromatic heterocycles. The van der Waals surface area contributed by atoms with Gasteiger partial charge in [-0.05, 0) is 39.4 Å². The van der Waals surface area contributed by atoms with E-state index in [9.17, 15) is 0 Å². The summed E-state index contributed by atoms with van der Waals surface area (Å²) in [5.74, 6) is 6.83. The van der Waals surface area contributed by atoms with Gasteiger partial charge >= 0.3 is 0 Å². The van der Waals surface area contributed by atoms with Gasteiger partial charge in [-0.25, -0.2) is 0 Å². The smallest absolute Gasteiger partial charge is 0.0214 e. The van der Waals surface area contributed by atoms with Crippen molar-refractivity contribution in [1.82, 2.24) is 10.2 Å². The van der Waals surface area contributed by atoms with Gasteiger partial charge in [0.2, 0.25) is 0 Å². The van der Waals surface area contributed by atoms with Crippen LogP contribution < -0.4 is 5.32 Å². The highest BCUT2D eigenvalue weighted by molar-refractivity contribution is 4.95. The van der Waals surface area contributed by atoms with Crippen molar-refractivity contribution in [3.8, 4) is 11.8 Å². The Morgan fingerprint density at radius 2 is 2.38 bits per heavy atom. The van der Waals surface area contributed by atoms with E-state index in [1.165, 1.54) is 19.5 Å². The van der Waals surface area contributed by atoms with Crippen LogP contribution in [0.2, 0.25) is 0 Å². The monoisotopic (exact) mass is 180 g/mol. The van der Waals surface area contributed by atoms with Crippen LogP contribution in [0, 0.1) is 17.8 Å². The van der Waals surface area contributed by atoms with E-state index in [4.69, 9.17) is 0 Å². The van der Waals surface area contributed by atoms with Crippen LogP contribution >= 0.6 is 0 Å². The summed E-state index contributed by atoms with van der Waals surface area (Å²) in [6.45, 7) is 6.62. The van der Waals surface area contributed by atoms with Crippen molar-refractivity contribution in [2.24, 2.45) is 5.92 Å². The molecule has 74 valence electrons. The van der Waals surface area contributed by atoms with Crippen molar-refractivity contribution < 1.29 is 0 Å². The second-order valence-corrected chi connectivity index (χ2v) is 3.80. The minimum atomic E-state index is 0.861. The maximum Gasteiger partial charge on any atom is 0.0214 e. The predicted molar refractivity (Wildman–Crippen MR) is 56.5 cm³/mol. The number of likely N-dealkylation sites (tertiary alicyclic amines) is 1. The van der Waals surface area contributed by atoms with E-state index >= 15 is 0 Å². The van der Waals surface area contributed by atoms with Crippen LogP contribution in [0.1, 0.15) is 19.8 Å². The van der Waals surface area contributed by atoms with Crippen molar-refractivity contribution in [3.05, 3.63) is 0 Å². The van der Waals surface area contributed by atoms with E-state index in [1.54, 1.807) is 0 Å². The Hall–Kier alpha value is -0.520. The summed E-state index contributed by atoms with van der Waals surface area (Å²) in [4.78, 5) is 2.40. The predicted octanol–water partition coefficient (Wildman–Crippen LogP) is 0.941. The summed E-state index contributed by atoms with van der Waals surface area (Å²) in [6, 6.07) is 0. The Kier molecular flexibility index (Phi) is 4.88. The van der Waals surface area contributed by atoms with Crippen LogP contribution in [-0.2, 0) is 0 Å². The lowest BCUT2D eigenvalue weighted by Gasteiger charge is -2.10. The molecule has 0 bridgehead atoms. The maximum absolute atomic E-state index is 3.45. The summed E-state index contributed by atoms with van der Waals surface area (Å²) < 4.78 is 0. The third-order valence-corrected chi connectivity index (χ3v) is 2.53. The molecule has 0 radical (unpaired) electrons. The Balaban J connectivity index is 1.96.